The Labute approximate surface area is 402 Å². The third-order valence-corrected chi connectivity index (χ3v) is 13.2. The first kappa shape index (κ1) is 59.0. The summed E-state index contributed by atoms with van der Waals surface area (Å²) in [5.41, 5.74) is 0.276. The number of hydrogen-bond donors (Lipinski definition) is 1. The molecule has 1 heterocycles. The Morgan fingerprint density at radius 1 is 0.851 bits per heavy atom. The van der Waals surface area contributed by atoms with Gasteiger partial charge >= 0.3 is 12.1 Å². The van der Waals surface area contributed by atoms with Crippen molar-refractivity contribution in [1.29, 1.82) is 0 Å². The van der Waals surface area contributed by atoms with Gasteiger partial charge in [0.15, 0.2) is 5.78 Å². The molecule has 1 aromatic rings. The first-order valence-electron chi connectivity index (χ1n) is 24.2. The lowest BCUT2D eigenvalue weighted by molar-refractivity contribution is -0.150. The van der Waals surface area contributed by atoms with E-state index in [1.165, 1.54) is 19.1 Å². The zero-order valence-corrected chi connectivity index (χ0v) is 43.8. The average molecular weight is 946 g/mol. The number of benzene rings is 1. The van der Waals surface area contributed by atoms with Gasteiger partial charge in [-0.15, -0.1) is 0 Å². The second kappa shape index (κ2) is 28.4. The van der Waals surface area contributed by atoms with Crippen LogP contribution >= 0.6 is 0 Å². The molecule has 0 aliphatic carbocycles. The van der Waals surface area contributed by atoms with Crippen LogP contribution < -0.4 is 5.32 Å². The summed E-state index contributed by atoms with van der Waals surface area (Å²) in [6.45, 7) is 21.1. The zero-order chi connectivity index (χ0) is 50.8. The van der Waals surface area contributed by atoms with E-state index in [1.807, 2.05) is 105 Å². The second-order valence-electron chi connectivity index (χ2n) is 20.1. The number of carbonyl (C=O) groups excluding carboxylic acids is 6. The molecule has 67 heavy (non-hydrogen) atoms. The van der Waals surface area contributed by atoms with Crippen LogP contribution in [0.1, 0.15) is 107 Å². The molecule has 2 rings (SSSR count). The largest absolute Gasteiger partial charge is 0.467 e. The van der Waals surface area contributed by atoms with E-state index in [9.17, 15) is 28.8 Å². The Hall–Kier alpha value is -4.12. The average Bonchev–Trinajstić information content (AvgIpc) is 3.76. The molecule has 1 fully saturated rings. The first-order chi connectivity index (χ1) is 31.4. The Kier molecular flexibility index (Phi) is 25.0. The van der Waals surface area contributed by atoms with Crippen molar-refractivity contribution in [3.8, 4) is 0 Å². The number of ketones is 1. The molecule has 16 nitrogen and oxygen atoms in total. The number of methoxy groups -OCH3 is 3. The van der Waals surface area contributed by atoms with Gasteiger partial charge in [0.05, 0.1) is 63.0 Å². The quantitative estimate of drug-likeness (QED) is 0.0783. The maximum absolute atomic E-state index is 14.7. The van der Waals surface area contributed by atoms with E-state index in [2.05, 4.69) is 5.32 Å². The van der Waals surface area contributed by atoms with Crippen LogP contribution in [-0.4, -0.2) is 172 Å². The van der Waals surface area contributed by atoms with Gasteiger partial charge in [0.25, 0.3) is 0 Å². The van der Waals surface area contributed by atoms with Crippen LogP contribution in [0.3, 0.4) is 0 Å². The van der Waals surface area contributed by atoms with E-state index < -0.39 is 65.9 Å². The van der Waals surface area contributed by atoms with Gasteiger partial charge in [-0.3, -0.25) is 24.1 Å². The third kappa shape index (κ3) is 18.0. The Bertz CT molecular complexity index is 1710. The van der Waals surface area contributed by atoms with Gasteiger partial charge in [0, 0.05) is 66.7 Å². The fourth-order valence-electron chi connectivity index (χ4n) is 9.21. The van der Waals surface area contributed by atoms with E-state index in [0.29, 0.717) is 52.1 Å². The van der Waals surface area contributed by atoms with Gasteiger partial charge in [-0.1, -0.05) is 85.2 Å². The van der Waals surface area contributed by atoms with E-state index >= 15 is 0 Å². The number of Topliss-reactive ketones (excluding diaryl/α,β-unsaturated/α-hetero) is 1. The summed E-state index contributed by atoms with van der Waals surface area (Å²) in [5, 5.41) is 2.87. The van der Waals surface area contributed by atoms with Gasteiger partial charge in [-0.05, 0) is 64.0 Å². The van der Waals surface area contributed by atoms with Gasteiger partial charge in [-0.2, -0.15) is 0 Å². The molecule has 16 heteroatoms. The van der Waals surface area contributed by atoms with Crippen LogP contribution in [0.4, 0.5) is 4.79 Å². The van der Waals surface area contributed by atoms with Crippen LogP contribution in [0, 0.1) is 29.6 Å². The van der Waals surface area contributed by atoms with Crippen molar-refractivity contribution in [2.75, 3.05) is 75.3 Å². The number of likely N-dealkylation sites (N-methyl/N-ethyl adjacent to an activating group) is 3. The van der Waals surface area contributed by atoms with Gasteiger partial charge in [0.1, 0.15) is 11.6 Å². The Morgan fingerprint density at radius 3 is 2.01 bits per heavy atom. The molecule has 0 unspecified atom stereocenters. The molecule has 1 aliphatic heterocycles. The van der Waals surface area contributed by atoms with Crippen molar-refractivity contribution < 1.29 is 52.5 Å². The highest BCUT2D eigenvalue weighted by Gasteiger charge is 2.44. The number of ether oxygens (including phenoxy) is 5. The molecule has 1 N–H and O–H groups in total. The van der Waals surface area contributed by atoms with Gasteiger partial charge in [0.2, 0.25) is 17.7 Å². The molecule has 1 aromatic carbocycles. The van der Waals surface area contributed by atoms with Crippen molar-refractivity contribution in [3.63, 3.8) is 0 Å². The molecule has 0 bridgehead atoms. The number of likely N-dealkylation sites (tertiary alicyclic amines) is 1. The maximum Gasteiger partial charge on any atom is 0.410 e. The van der Waals surface area contributed by atoms with Crippen molar-refractivity contribution in [1.82, 2.24) is 24.9 Å². The highest BCUT2D eigenvalue weighted by Crippen LogP contribution is 2.31. The molecule has 1 aliphatic rings. The number of esters is 1. The van der Waals surface area contributed by atoms with Crippen molar-refractivity contribution >= 4 is 35.6 Å². The summed E-state index contributed by atoms with van der Waals surface area (Å²) in [6, 6.07) is 7.11. The van der Waals surface area contributed by atoms with Crippen LogP contribution in [-0.2, 0) is 54.1 Å². The summed E-state index contributed by atoms with van der Waals surface area (Å²) in [5.74, 6) is -2.91. The maximum atomic E-state index is 14.7. The minimum absolute atomic E-state index is 0.0109. The molecule has 0 saturated carbocycles. The minimum Gasteiger partial charge on any atom is -0.467 e. The fraction of sp³-hybridized carbons (Fsp3) is 0.765. The second-order valence-corrected chi connectivity index (χ2v) is 20.1. The van der Waals surface area contributed by atoms with Gasteiger partial charge < -0.3 is 43.7 Å². The van der Waals surface area contributed by atoms with Gasteiger partial charge in [-0.25, -0.2) is 9.59 Å². The molecular formula is C51H87N5O11. The monoisotopic (exact) mass is 946 g/mol. The molecular weight excluding hydrogens is 859 g/mol. The van der Waals surface area contributed by atoms with Crippen LogP contribution in [0.15, 0.2) is 30.3 Å². The fourth-order valence-corrected chi connectivity index (χ4v) is 9.21. The van der Waals surface area contributed by atoms with Crippen LogP contribution in [0.25, 0.3) is 0 Å². The lowest BCUT2D eigenvalue weighted by Crippen LogP contribution is -2.55. The third-order valence-electron chi connectivity index (χ3n) is 13.2. The predicted molar refractivity (Wildman–Crippen MR) is 259 cm³/mol. The number of amides is 4. The number of carbonyl (C=O) groups is 6. The van der Waals surface area contributed by atoms with Crippen molar-refractivity contribution in [3.05, 3.63) is 35.9 Å². The summed E-state index contributed by atoms with van der Waals surface area (Å²) < 4.78 is 28.3. The Morgan fingerprint density at radius 2 is 1.48 bits per heavy atom. The first-order valence-corrected chi connectivity index (χ1v) is 24.2. The van der Waals surface area contributed by atoms with Crippen LogP contribution in [0.2, 0.25) is 0 Å². The summed E-state index contributed by atoms with van der Waals surface area (Å²) in [6.07, 6.45) is 0.581. The molecule has 1 saturated heterocycles. The Balaban J connectivity index is 2.20. The summed E-state index contributed by atoms with van der Waals surface area (Å²) in [7, 11) is 9.67. The number of hydrogen-bond acceptors (Lipinski definition) is 12. The number of rotatable bonds is 28. The number of nitrogens with one attached hydrogen (secondary N) is 1. The zero-order valence-electron chi connectivity index (χ0n) is 43.8. The lowest BCUT2D eigenvalue weighted by Gasteiger charge is -2.41. The highest BCUT2D eigenvalue weighted by molar-refractivity contribution is 5.90. The summed E-state index contributed by atoms with van der Waals surface area (Å²) >= 11 is 0. The SMILES string of the molecule is CC[C@H](C)[C@@H]([C@@H](CC(=O)N1CCC[C@H]1[C@H](OC)[C@@H](C)C(=O)N[C@@H](Cc1ccccc1)C(=O)OC)OC)N(C)C(=O)[C@@H](CC(=O)[C@H](C(C)C)N(C)CCOCCN(C)C(=O)OC(C)(C)C)C(C)C. The standard InChI is InChI=1S/C51H87N5O11/c1-17-35(6)45(55(13)48(60)38(33(2)3)31-41(57)44(34(4)5)53(11)26-28-66-29-27-54(12)50(62)67-51(8,9)10)42(63-14)32-43(58)56-25-21-24-40(56)46(64-15)36(7)47(59)52-39(49(61)65-16)30-37-22-19-18-20-23-37/h18-20,22-23,33-36,38-40,42,44-46H,17,21,24-32H2,1-16H3,(H,52,59)/t35-,36+,38-,39-,40-,42+,44-,45-,46+/m0/s1. The molecule has 0 aromatic heterocycles. The highest BCUT2D eigenvalue weighted by atomic mass is 16.6. The smallest absolute Gasteiger partial charge is 0.410 e. The molecule has 382 valence electrons. The molecule has 9 atom stereocenters. The normalized spacial score (nSPS) is 17.8. The number of nitrogens with zero attached hydrogens (tertiary/aromatic N) is 4. The van der Waals surface area contributed by atoms with E-state index in [1.54, 1.807) is 37.9 Å². The van der Waals surface area contributed by atoms with Crippen LogP contribution in [0.5, 0.6) is 0 Å². The van der Waals surface area contributed by atoms with E-state index in [0.717, 1.165) is 5.56 Å². The van der Waals surface area contributed by atoms with Crippen molar-refractivity contribution in [2.45, 2.75) is 150 Å². The van der Waals surface area contributed by atoms with Crippen molar-refractivity contribution in [2.24, 2.45) is 29.6 Å². The van der Waals surface area contributed by atoms with E-state index in [-0.39, 0.29) is 60.5 Å². The van der Waals surface area contributed by atoms with E-state index in [4.69, 9.17) is 23.7 Å². The minimum atomic E-state index is -0.907. The molecule has 0 radical (unpaired) electrons. The topological polar surface area (TPSA) is 174 Å². The molecule has 0 spiro atoms. The molecule has 4 amide bonds. The summed E-state index contributed by atoms with van der Waals surface area (Å²) in [4.78, 5) is 89.0. The predicted octanol–water partition coefficient (Wildman–Crippen LogP) is 5.88. The lowest BCUT2D eigenvalue weighted by atomic mass is 9.83.